The Morgan fingerprint density at radius 2 is 1.62 bits per heavy atom. The van der Waals surface area contributed by atoms with Gasteiger partial charge in [-0.2, -0.15) is 5.26 Å². The molecule has 4 saturated carbocycles. The summed E-state index contributed by atoms with van der Waals surface area (Å²) in [5.41, 5.74) is 3.10. The number of pyridine rings is 1. The summed E-state index contributed by atoms with van der Waals surface area (Å²) in [5.74, 6) is 0.786. The van der Waals surface area contributed by atoms with Crippen molar-refractivity contribution in [1.29, 1.82) is 5.26 Å². The minimum Gasteiger partial charge on any atom is -0.455 e. The van der Waals surface area contributed by atoms with Gasteiger partial charge in [0.2, 0.25) is 0 Å². The third kappa shape index (κ3) is 6.35. The molecule has 0 saturated heterocycles. The number of benzene rings is 3. The molecule has 0 unspecified atom stereocenters. The number of aromatic nitrogens is 2. The zero-order valence-electron chi connectivity index (χ0n) is 31.7. The molecule has 5 aromatic rings. The molecule has 5 aliphatic rings. The van der Waals surface area contributed by atoms with Crippen molar-refractivity contribution < 1.29 is 22.7 Å². The number of carbonyl (C=O) groups excluding carboxylic acids is 2. The van der Waals surface area contributed by atoms with Gasteiger partial charge in [0.05, 0.1) is 25.4 Å². The zero-order chi connectivity index (χ0) is 39.0. The van der Waals surface area contributed by atoms with E-state index in [1.165, 1.54) is 11.3 Å². The molecule has 4 bridgehead atoms. The molecule has 0 atom stereocenters. The van der Waals surface area contributed by atoms with E-state index in [1.54, 1.807) is 51.1 Å². The van der Waals surface area contributed by atoms with Crippen molar-refractivity contribution in [2.24, 2.45) is 17.8 Å². The molecular formula is C44H43N5O5S2. The first-order valence-corrected chi connectivity index (χ1v) is 21.7. The lowest BCUT2D eigenvalue weighted by atomic mass is 9.56. The molecule has 3 heterocycles. The summed E-state index contributed by atoms with van der Waals surface area (Å²) < 4.78 is 35.5. The highest BCUT2D eigenvalue weighted by Crippen LogP contribution is 2.60. The maximum Gasteiger partial charge on any atom is 0.358 e. The molecule has 1 amide bonds. The van der Waals surface area contributed by atoms with Crippen molar-refractivity contribution in [2.75, 3.05) is 16.8 Å². The van der Waals surface area contributed by atoms with Crippen molar-refractivity contribution in [3.63, 3.8) is 0 Å². The molecule has 0 spiro atoms. The molecule has 10 nitrogen and oxygen atoms in total. The quantitative estimate of drug-likeness (QED) is 0.160. The van der Waals surface area contributed by atoms with Gasteiger partial charge in [0.25, 0.3) is 5.91 Å². The lowest BCUT2D eigenvalue weighted by Gasteiger charge is -2.55. The largest absolute Gasteiger partial charge is 0.455 e. The number of ether oxygens (including phenoxy) is 1. The summed E-state index contributed by atoms with van der Waals surface area (Å²) in [6, 6.07) is 24.1. The van der Waals surface area contributed by atoms with Crippen LogP contribution in [0.5, 0.6) is 0 Å². The number of carbonyl (C=O) groups is 2. The third-order valence-corrected chi connectivity index (χ3v) is 15.6. The number of anilines is 2. The lowest BCUT2D eigenvalue weighted by Crippen LogP contribution is -2.54. The second-order valence-electron chi connectivity index (χ2n) is 17.0. The maximum absolute atomic E-state index is 14.7. The first-order chi connectivity index (χ1) is 26.8. The summed E-state index contributed by atoms with van der Waals surface area (Å²) in [4.78, 5) is 39.3. The molecule has 2 aromatic heterocycles. The minimum absolute atomic E-state index is 0.00839. The predicted octanol–water partition coefficient (Wildman–Crippen LogP) is 8.74. The Morgan fingerprint density at radius 1 is 0.911 bits per heavy atom. The first kappa shape index (κ1) is 36.5. The van der Waals surface area contributed by atoms with E-state index in [-0.39, 0.29) is 22.1 Å². The molecule has 56 heavy (non-hydrogen) atoms. The Morgan fingerprint density at radius 3 is 2.32 bits per heavy atom. The van der Waals surface area contributed by atoms with Gasteiger partial charge in [0.15, 0.2) is 20.7 Å². The van der Waals surface area contributed by atoms with Gasteiger partial charge in [-0.15, -0.1) is 0 Å². The number of nitriles is 1. The van der Waals surface area contributed by atoms with Crippen molar-refractivity contribution in [3.8, 4) is 17.2 Å². The van der Waals surface area contributed by atoms with E-state index in [9.17, 15) is 23.3 Å². The van der Waals surface area contributed by atoms with Crippen LogP contribution in [0.25, 0.3) is 21.3 Å². The van der Waals surface area contributed by atoms with Gasteiger partial charge < -0.3 is 9.64 Å². The molecule has 10 rings (SSSR count). The Balaban J connectivity index is 1.07. The Hall–Kier alpha value is -5.12. The molecule has 12 heteroatoms. The van der Waals surface area contributed by atoms with Gasteiger partial charge >= 0.3 is 5.97 Å². The van der Waals surface area contributed by atoms with Crippen LogP contribution < -0.4 is 10.2 Å². The molecule has 4 aliphatic carbocycles. The topological polar surface area (TPSA) is 142 Å². The van der Waals surface area contributed by atoms with E-state index in [2.05, 4.69) is 16.4 Å². The number of rotatable bonds is 7. The van der Waals surface area contributed by atoms with Gasteiger partial charge in [-0.05, 0) is 131 Å². The minimum atomic E-state index is -3.89. The lowest BCUT2D eigenvalue weighted by molar-refractivity contribution is 0.00637. The SMILES string of the molecule is CC(C)(C)OC(=O)c1nc(N2CCc3cccc(C(=O)Nc4nc5ccccc5s4)c3C2)ccc1-c1cccc(S(=O)(=O)C23CC4CC(CC(C4)C2)C3)c1C#N. The Labute approximate surface area is 330 Å². The number of para-hydroxylation sites is 1. The number of hydrogen-bond acceptors (Lipinski definition) is 10. The summed E-state index contributed by atoms with van der Waals surface area (Å²) in [5, 5.41) is 14.2. The highest BCUT2D eigenvalue weighted by Gasteiger charge is 2.58. The molecule has 286 valence electrons. The van der Waals surface area contributed by atoms with Crippen LogP contribution in [0.1, 0.15) is 96.8 Å². The highest BCUT2D eigenvalue weighted by atomic mass is 32.2. The number of nitrogens with one attached hydrogen (secondary N) is 1. The molecular weight excluding hydrogens is 743 g/mol. The summed E-state index contributed by atoms with van der Waals surface area (Å²) >= 11 is 1.42. The van der Waals surface area contributed by atoms with Crippen LogP contribution in [0, 0.1) is 29.1 Å². The van der Waals surface area contributed by atoms with Crippen molar-refractivity contribution in [3.05, 3.63) is 101 Å². The van der Waals surface area contributed by atoms with Crippen LogP contribution in [0.4, 0.5) is 10.9 Å². The smallest absolute Gasteiger partial charge is 0.358 e. The Kier molecular flexibility index (Phi) is 8.82. The number of fused-ring (bicyclic) bond motifs is 2. The zero-order valence-corrected chi connectivity index (χ0v) is 33.3. The maximum atomic E-state index is 14.7. The molecule has 3 aromatic carbocycles. The second-order valence-corrected chi connectivity index (χ2v) is 20.4. The summed E-state index contributed by atoms with van der Waals surface area (Å²) in [6.07, 6.45) is 5.85. The number of esters is 1. The average Bonchev–Trinajstić information content (AvgIpc) is 3.58. The van der Waals surface area contributed by atoms with E-state index in [0.717, 1.165) is 40.6 Å². The molecule has 0 radical (unpaired) electrons. The average molecular weight is 786 g/mol. The van der Waals surface area contributed by atoms with Gasteiger partial charge in [0, 0.05) is 29.8 Å². The van der Waals surface area contributed by atoms with Crippen LogP contribution in [0.3, 0.4) is 0 Å². The molecule has 1 N–H and O–H groups in total. The monoisotopic (exact) mass is 785 g/mol. The number of thiazole rings is 1. The van der Waals surface area contributed by atoms with Crippen molar-refractivity contribution >= 4 is 54.2 Å². The van der Waals surface area contributed by atoms with Gasteiger partial charge in [-0.1, -0.05) is 47.7 Å². The number of hydrogen-bond donors (Lipinski definition) is 1. The van der Waals surface area contributed by atoms with Crippen LogP contribution in [-0.2, 0) is 27.5 Å². The van der Waals surface area contributed by atoms with Gasteiger partial charge in [-0.3, -0.25) is 10.1 Å². The van der Waals surface area contributed by atoms with Crippen molar-refractivity contribution in [2.45, 2.75) is 87.5 Å². The fourth-order valence-electron chi connectivity index (χ4n) is 10.1. The van der Waals surface area contributed by atoms with Crippen LogP contribution >= 0.6 is 11.3 Å². The Bertz CT molecular complexity index is 2520. The third-order valence-electron chi connectivity index (χ3n) is 12.1. The number of amides is 1. The van der Waals surface area contributed by atoms with E-state index in [1.807, 2.05) is 47.4 Å². The second kappa shape index (κ2) is 13.5. The molecule has 4 fully saturated rings. The van der Waals surface area contributed by atoms with E-state index < -0.39 is 26.2 Å². The first-order valence-electron chi connectivity index (χ1n) is 19.4. The van der Waals surface area contributed by atoms with Gasteiger partial charge in [-0.25, -0.2) is 23.2 Å². The fourth-order valence-corrected chi connectivity index (χ4v) is 13.5. The number of sulfone groups is 1. The van der Waals surface area contributed by atoms with Crippen LogP contribution in [0.2, 0.25) is 0 Å². The van der Waals surface area contributed by atoms with E-state index in [0.29, 0.717) is 84.2 Å². The summed E-state index contributed by atoms with van der Waals surface area (Å²) in [6.45, 7) is 6.27. The highest BCUT2D eigenvalue weighted by molar-refractivity contribution is 7.93. The van der Waals surface area contributed by atoms with Crippen molar-refractivity contribution in [1.82, 2.24) is 9.97 Å². The fraction of sp³-hybridized carbons (Fsp3) is 0.386. The van der Waals surface area contributed by atoms with Crippen LogP contribution in [-0.4, -0.2) is 47.2 Å². The number of nitrogens with zero attached hydrogens (tertiary/aromatic N) is 4. The van der Waals surface area contributed by atoms with Gasteiger partial charge in [0.1, 0.15) is 17.5 Å². The standard InChI is InChI=1S/C44H43N5O5S2/c1-43(2,3)54-41(51)39-31(30-9-7-13-37(33(30)24-45)56(52,53)44-21-26-18-27(22-44)20-28(19-26)23-44)14-15-38(47-39)49-17-16-29-8-6-10-32(34(29)25-49)40(50)48-42-46-35-11-4-5-12-36(35)55-42/h4-15,26-28H,16-23,25H2,1-3H3,(H,46,48,50). The normalized spacial score (nSPS) is 22.8. The molecule has 1 aliphatic heterocycles. The summed E-state index contributed by atoms with van der Waals surface area (Å²) in [7, 11) is -3.89. The van der Waals surface area contributed by atoms with E-state index >= 15 is 0 Å². The predicted molar refractivity (Wildman–Crippen MR) is 216 cm³/mol. The van der Waals surface area contributed by atoms with Crippen LogP contribution in [0.15, 0.2) is 77.7 Å². The van der Waals surface area contributed by atoms with E-state index in [4.69, 9.17) is 9.72 Å².